The normalized spacial score (nSPS) is 19.7. The van der Waals surface area contributed by atoms with Crippen molar-refractivity contribution >= 4 is 17.5 Å². The van der Waals surface area contributed by atoms with Crippen LogP contribution in [0.15, 0.2) is 24.3 Å². The van der Waals surface area contributed by atoms with Gasteiger partial charge in [0.05, 0.1) is 7.11 Å². The molecule has 0 spiro atoms. The number of rotatable bonds is 8. The third-order valence-electron chi connectivity index (χ3n) is 5.08. The lowest BCUT2D eigenvalue weighted by molar-refractivity contribution is -0.138. The number of nitrogens with one attached hydrogen (secondary N) is 1. The fourth-order valence-electron chi connectivity index (χ4n) is 3.68. The molecule has 1 aromatic carbocycles. The van der Waals surface area contributed by atoms with E-state index in [4.69, 9.17) is 4.74 Å². The second kappa shape index (κ2) is 10.2. The third kappa shape index (κ3) is 5.48. The predicted octanol–water partition coefficient (Wildman–Crippen LogP) is 4.09. The van der Waals surface area contributed by atoms with E-state index in [1.165, 1.54) is 0 Å². The highest BCUT2D eigenvalue weighted by Crippen LogP contribution is 2.31. The van der Waals surface area contributed by atoms with E-state index >= 15 is 0 Å². The van der Waals surface area contributed by atoms with E-state index in [2.05, 4.69) is 19.2 Å². The summed E-state index contributed by atoms with van der Waals surface area (Å²) in [5, 5.41) is 2.98. The van der Waals surface area contributed by atoms with Crippen LogP contribution in [0.5, 0.6) is 5.75 Å². The molecule has 2 rings (SSSR count). The molecule has 144 valence electrons. The smallest absolute Gasteiger partial charge is 0.227 e. The summed E-state index contributed by atoms with van der Waals surface area (Å²) in [6, 6.07) is 7.40. The second-order valence-corrected chi connectivity index (χ2v) is 7.10. The van der Waals surface area contributed by atoms with Crippen LogP contribution in [0.4, 0.5) is 5.69 Å². The zero-order valence-electron chi connectivity index (χ0n) is 16.3. The topological polar surface area (TPSA) is 58.6 Å². The summed E-state index contributed by atoms with van der Waals surface area (Å²) in [6.45, 7) is 5.89. The SMILES string of the molecule is CCCN(CCC)C(=O)C1CCC(C(=O)Nc2cccc(OC)c2)CC1. The third-order valence-corrected chi connectivity index (χ3v) is 5.08. The quantitative estimate of drug-likeness (QED) is 0.760. The van der Waals surface area contributed by atoms with Crippen molar-refractivity contribution in [3.8, 4) is 5.75 Å². The summed E-state index contributed by atoms with van der Waals surface area (Å²) < 4.78 is 5.19. The monoisotopic (exact) mass is 360 g/mol. The highest BCUT2D eigenvalue weighted by atomic mass is 16.5. The van der Waals surface area contributed by atoms with Crippen LogP contribution < -0.4 is 10.1 Å². The van der Waals surface area contributed by atoms with Gasteiger partial charge in [0.15, 0.2) is 0 Å². The Balaban J connectivity index is 1.86. The Morgan fingerprint density at radius 2 is 1.69 bits per heavy atom. The first kappa shape index (κ1) is 20.3. The summed E-state index contributed by atoms with van der Waals surface area (Å²) in [5.41, 5.74) is 0.754. The highest BCUT2D eigenvalue weighted by Gasteiger charge is 2.31. The van der Waals surface area contributed by atoms with Crippen LogP contribution in [0.1, 0.15) is 52.4 Å². The summed E-state index contributed by atoms with van der Waals surface area (Å²) in [6.07, 6.45) is 5.14. The average Bonchev–Trinajstić information content (AvgIpc) is 2.67. The standard InChI is InChI=1S/C21H32N2O3/c1-4-13-23(14-5-2)21(25)17-11-9-16(10-12-17)20(24)22-18-7-6-8-19(15-18)26-3/h6-8,15-17H,4-5,9-14H2,1-3H3,(H,22,24). The molecule has 26 heavy (non-hydrogen) atoms. The van der Waals surface area contributed by atoms with Gasteiger partial charge in [-0.2, -0.15) is 0 Å². The van der Waals surface area contributed by atoms with E-state index in [0.29, 0.717) is 0 Å². The molecule has 1 aliphatic carbocycles. The molecule has 1 fully saturated rings. The van der Waals surface area contributed by atoms with Crippen molar-refractivity contribution in [3.05, 3.63) is 24.3 Å². The van der Waals surface area contributed by atoms with Crippen LogP contribution in [-0.2, 0) is 9.59 Å². The molecule has 0 atom stereocenters. The number of ether oxygens (including phenoxy) is 1. The van der Waals surface area contributed by atoms with Gasteiger partial charge in [-0.15, -0.1) is 0 Å². The number of hydrogen-bond donors (Lipinski definition) is 1. The minimum atomic E-state index is -0.0175. The molecule has 0 bridgehead atoms. The molecule has 0 heterocycles. The Labute approximate surface area is 157 Å². The summed E-state index contributed by atoms with van der Waals surface area (Å²) in [4.78, 5) is 27.3. The van der Waals surface area contributed by atoms with Gasteiger partial charge in [0.25, 0.3) is 0 Å². The van der Waals surface area contributed by atoms with Gasteiger partial charge in [-0.1, -0.05) is 19.9 Å². The van der Waals surface area contributed by atoms with Gasteiger partial charge in [-0.05, 0) is 50.7 Å². The largest absolute Gasteiger partial charge is 0.497 e. The van der Waals surface area contributed by atoms with Crippen molar-refractivity contribution in [2.24, 2.45) is 11.8 Å². The summed E-state index contributed by atoms with van der Waals surface area (Å²) >= 11 is 0. The Morgan fingerprint density at radius 3 is 2.27 bits per heavy atom. The van der Waals surface area contributed by atoms with Crippen molar-refractivity contribution in [1.82, 2.24) is 4.90 Å². The van der Waals surface area contributed by atoms with Crippen LogP contribution in [0, 0.1) is 11.8 Å². The van der Waals surface area contributed by atoms with E-state index < -0.39 is 0 Å². The molecule has 0 aliphatic heterocycles. The minimum Gasteiger partial charge on any atom is -0.497 e. The van der Waals surface area contributed by atoms with Crippen LogP contribution in [-0.4, -0.2) is 36.9 Å². The molecule has 1 N–H and O–H groups in total. The summed E-state index contributed by atoms with van der Waals surface area (Å²) in [5.74, 6) is 1.11. The lowest BCUT2D eigenvalue weighted by Gasteiger charge is -2.31. The zero-order valence-corrected chi connectivity index (χ0v) is 16.3. The van der Waals surface area contributed by atoms with Crippen molar-refractivity contribution < 1.29 is 14.3 Å². The molecule has 2 amide bonds. The fourth-order valence-corrected chi connectivity index (χ4v) is 3.68. The van der Waals surface area contributed by atoms with Crippen molar-refractivity contribution in [3.63, 3.8) is 0 Å². The van der Waals surface area contributed by atoms with Gasteiger partial charge >= 0.3 is 0 Å². The first-order chi connectivity index (χ1) is 12.6. The van der Waals surface area contributed by atoms with Gasteiger partial charge < -0.3 is 15.0 Å². The molecule has 1 aromatic rings. The molecule has 0 radical (unpaired) electrons. The Morgan fingerprint density at radius 1 is 1.08 bits per heavy atom. The number of carbonyl (C=O) groups is 2. The molecule has 0 aromatic heterocycles. The molecule has 1 saturated carbocycles. The molecular formula is C21H32N2O3. The lowest BCUT2D eigenvalue weighted by Crippen LogP contribution is -2.39. The lowest BCUT2D eigenvalue weighted by atomic mass is 9.80. The Hall–Kier alpha value is -2.04. The maximum Gasteiger partial charge on any atom is 0.227 e. The van der Waals surface area contributed by atoms with E-state index in [0.717, 1.165) is 63.1 Å². The number of amides is 2. The van der Waals surface area contributed by atoms with Crippen molar-refractivity contribution in [1.29, 1.82) is 0 Å². The van der Waals surface area contributed by atoms with Crippen molar-refractivity contribution in [2.75, 3.05) is 25.5 Å². The maximum atomic E-state index is 12.7. The molecule has 1 aliphatic rings. The second-order valence-electron chi connectivity index (χ2n) is 7.10. The van der Waals surface area contributed by atoms with E-state index in [1.54, 1.807) is 7.11 Å². The van der Waals surface area contributed by atoms with Gasteiger partial charge in [0, 0.05) is 36.7 Å². The first-order valence-electron chi connectivity index (χ1n) is 9.82. The highest BCUT2D eigenvalue weighted by molar-refractivity contribution is 5.93. The zero-order chi connectivity index (χ0) is 18.9. The van der Waals surface area contributed by atoms with Gasteiger partial charge in [0.2, 0.25) is 11.8 Å². The summed E-state index contributed by atoms with van der Waals surface area (Å²) in [7, 11) is 1.61. The number of hydrogen-bond acceptors (Lipinski definition) is 3. The average molecular weight is 360 g/mol. The predicted molar refractivity (Wildman–Crippen MR) is 104 cm³/mol. The maximum absolute atomic E-state index is 12.7. The first-order valence-corrected chi connectivity index (χ1v) is 9.82. The number of benzene rings is 1. The van der Waals surface area contributed by atoms with E-state index in [9.17, 15) is 9.59 Å². The van der Waals surface area contributed by atoms with Crippen LogP contribution in [0.2, 0.25) is 0 Å². The number of anilines is 1. The van der Waals surface area contributed by atoms with Crippen molar-refractivity contribution in [2.45, 2.75) is 52.4 Å². The number of nitrogens with zero attached hydrogens (tertiary/aromatic N) is 1. The Kier molecular flexibility index (Phi) is 7.95. The van der Waals surface area contributed by atoms with Crippen LogP contribution >= 0.6 is 0 Å². The molecule has 0 unspecified atom stereocenters. The minimum absolute atomic E-state index is 0.0175. The van der Waals surface area contributed by atoms with Gasteiger partial charge in [0.1, 0.15) is 5.75 Å². The number of methoxy groups -OCH3 is 1. The molecule has 0 saturated heterocycles. The molecule has 5 heteroatoms. The van der Waals surface area contributed by atoms with Gasteiger partial charge in [-0.3, -0.25) is 9.59 Å². The van der Waals surface area contributed by atoms with Crippen LogP contribution in [0.25, 0.3) is 0 Å². The number of carbonyl (C=O) groups excluding carboxylic acids is 2. The Bertz CT molecular complexity index is 589. The van der Waals surface area contributed by atoms with Crippen LogP contribution in [0.3, 0.4) is 0 Å². The fraction of sp³-hybridized carbons (Fsp3) is 0.619. The molecular weight excluding hydrogens is 328 g/mol. The van der Waals surface area contributed by atoms with E-state index in [1.807, 2.05) is 29.2 Å². The van der Waals surface area contributed by atoms with E-state index in [-0.39, 0.29) is 23.7 Å². The molecule has 5 nitrogen and oxygen atoms in total. The van der Waals surface area contributed by atoms with Gasteiger partial charge in [-0.25, -0.2) is 0 Å².